The van der Waals surface area contributed by atoms with Crippen molar-refractivity contribution < 1.29 is 18.3 Å². The number of aromatic nitrogens is 2. The van der Waals surface area contributed by atoms with Crippen LogP contribution in [0.5, 0.6) is 5.75 Å². The fraction of sp³-hybridized carbons (Fsp3) is 0.320. The van der Waals surface area contributed by atoms with E-state index in [4.69, 9.17) is 16.3 Å². The van der Waals surface area contributed by atoms with Gasteiger partial charge in [-0.15, -0.1) is 0 Å². The molecule has 35 heavy (non-hydrogen) atoms. The summed E-state index contributed by atoms with van der Waals surface area (Å²) < 4.78 is 32.8. The van der Waals surface area contributed by atoms with Crippen LogP contribution in [0.3, 0.4) is 0 Å². The van der Waals surface area contributed by atoms with Crippen LogP contribution in [0, 0.1) is 5.82 Å². The van der Waals surface area contributed by atoms with E-state index in [-0.39, 0.29) is 10.9 Å². The van der Waals surface area contributed by atoms with Gasteiger partial charge in [0.2, 0.25) is 5.91 Å². The number of methoxy groups -OCH3 is 1. The highest BCUT2D eigenvalue weighted by Gasteiger charge is 2.20. The molecule has 1 unspecified atom stereocenters. The molecule has 0 aliphatic carbocycles. The van der Waals surface area contributed by atoms with E-state index in [1.165, 1.54) is 31.6 Å². The summed E-state index contributed by atoms with van der Waals surface area (Å²) >= 11 is 5.88. The highest BCUT2D eigenvalue weighted by atomic mass is 35.5. The molecule has 0 spiro atoms. The van der Waals surface area contributed by atoms with E-state index in [2.05, 4.69) is 20.6 Å². The smallest absolute Gasteiger partial charge is 0.248 e. The average molecular weight is 502 g/mol. The van der Waals surface area contributed by atoms with Crippen molar-refractivity contribution in [1.82, 2.24) is 14.9 Å². The summed E-state index contributed by atoms with van der Waals surface area (Å²) in [6, 6.07) is 7.65. The summed E-state index contributed by atoms with van der Waals surface area (Å²) in [7, 11) is 1.50. The predicted molar refractivity (Wildman–Crippen MR) is 133 cm³/mol. The van der Waals surface area contributed by atoms with Crippen molar-refractivity contribution >= 4 is 45.6 Å². The molecule has 4 rings (SSSR count). The van der Waals surface area contributed by atoms with E-state index in [1.807, 2.05) is 0 Å². The van der Waals surface area contributed by atoms with Crippen molar-refractivity contribution in [2.45, 2.75) is 32.0 Å². The number of piperidine rings is 1. The topological polar surface area (TPSA) is 79.4 Å². The van der Waals surface area contributed by atoms with Crippen LogP contribution in [0.15, 0.2) is 48.8 Å². The maximum absolute atomic E-state index is 13.9. The first-order valence-corrected chi connectivity index (χ1v) is 11.7. The Kier molecular flexibility index (Phi) is 8.09. The van der Waals surface area contributed by atoms with Crippen molar-refractivity contribution in [3.8, 4) is 5.75 Å². The number of carbonyl (C=O) groups excluding carboxylic acids is 1. The van der Waals surface area contributed by atoms with E-state index in [1.54, 1.807) is 29.2 Å². The van der Waals surface area contributed by atoms with Gasteiger partial charge in [-0.2, -0.15) is 0 Å². The maximum Gasteiger partial charge on any atom is 0.248 e. The van der Waals surface area contributed by atoms with Gasteiger partial charge in [-0.3, -0.25) is 9.69 Å². The number of amides is 1. The average Bonchev–Trinajstić information content (AvgIpc) is 2.85. The minimum Gasteiger partial charge on any atom is -0.494 e. The van der Waals surface area contributed by atoms with Gasteiger partial charge in [0.25, 0.3) is 0 Å². The van der Waals surface area contributed by atoms with Crippen LogP contribution in [-0.2, 0) is 4.79 Å². The number of benzene rings is 2. The number of halogens is 3. The zero-order valence-electron chi connectivity index (χ0n) is 19.2. The lowest BCUT2D eigenvalue weighted by molar-refractivity contribution is -0.111. The van der Waals surface area contributed by atoms with E-state index in [0.717, 1.165) is 19.4 Å². The molecule has 2 aromatic carbocycles. The molecule has 1 fully saturated rings. The highest BCUT2D eigenvalue weighted by molar-refractivity contribution is 6.31. The number of likely N-dealkylation sites (tertiary alicyclic amines) is 1. The summed E-state index contributed by atoms with van der Waals surface area (Å²) in [5, 5.41) is 6.52. The van der Waals surface area contributed by atoms with Gasteiger partial charge < -0.3 is 15.4 Å². The van der Waals surface area contributed by atoms with E-state index >= 15 is 0 Å². The van der Waals surface area contributed by atoms with Gasteiger partial charge in [-0.25, -0.2) is 18.7 Å². The number of hydrogen-bond donors (Lipinski definition) is 2. The molecule has 2 heterocycles. The molecule has 0 saturated carbocycles. The lowest BCUT2D eigenvalue weighted by Gasteiger charge is -2.29. The maximum atomic E-state index is 13.9. The van der Waals surface area contributed by atoms with Crippen LogP contribution in [0.1, 0.15) is 25.7 Å². The summed E-state index contributed by atoms with van der Waals surface area (Å²) in [6.45, 7) is 1.32. The van der Waals surface area contributed by atoms with Crippen LogP contribution in [0.2, 0.25) is 5.02 Å². The normalized spacial score (nSPS) is 16.5. The van der Waals surface area contributed by atoms with Crippen LogP contribution >= 0.6 is 11.6 Å². The predicted octanol–water partition coefficient (Wildman–Crippen LogP) is 5.84. The van der Waals surface area contributed by atoms with Gasteiger partial charge in [0.15, 0.2) is 6.30 Å². The largest absolute Gasteiger partial charge is 0.494 e. The fourth-order valence-corrected chi connectivity index (χ4v) is 4.15. The van der Waals surface area contributed by atoms with Crippen molar-refractivity contribution in [2.24, 2.45) is 0 Å². The Morgan fingerprint density at radius 3 is 2.91 bits per heavy atom. The number of carbonyl (C=O) groups is 1. The van der Waals surface area contributed by atoms with Crippen LogP contribution in [0.25, 0.3) is 10.9 Å². The van der Waals surface area contributed by atoms with Gasteiger partial charge in [0, 0.05) is 30.2 Å². The molecule has 3 aromatic rings. The fourth-order valence-electron chi connectivity index (χ4n) is 3.97. The molecule has 1 atom stereocenters. The third kappa shape index (κ3) is 6.23. The number of fused-ring (bicyclic) bond motifs is 1. The Bertz CT molecular complexity index is 1240. The molecule has 184 valence electrons. The Morgan fingerprint density at radius 1 is 1.29 bits per heavy atom. The minimum absolute atomic E-state index is 0.0166. The quantitative estimate of drug-likeness (QED) is 0.298. The van der Waals surface area contributed by atoms with Crippen molar-refractivity contribution in [2.75, 3.05) is 30.8 Å². The van der Waals surface area contributed by atoms with Gasteiger partial charge in [-0.05, 0) is 56.0 Å². The molecular formula is C25H26ClF2N5O2. The van der Waals surface area contributed by atoms with E-state index in [9.17, 15) is 13.6 Å². The Labute approximate surface area is 207 Å². The summed E-state index contributed by atoms with van der Waals surface area (Å²) in [4.78, 5) is 22.9. The third-order valence-electron chi connectivity index (χ3n) is 5.78. The van der Waals surface area contributed by atoms with Crippen LogP contribution in [-0.4, -0.2) is 47.3 Å². The number of nitrogens with one attached hydrogen (secondary N) is 2. The Hall–Kier alpha value is -3.30. The summed E-state index contributed by atoms with van der Waals surface area (Å²) in [5.41, 5.74) is 1.57. The molecule has 2 N–H and O–H groups in total. The molecule has 7 nitrogen and oxygen atoms in total. The van der Waals surface area contributed by atoms with Gasteiger partial charge in [0.1, 0.15) is 23.7 Å². The SMILES string of the molecule is COc1cc2ncnc(Nc3ccc(F)c(Cl)c3)c2cc1NC(=O)/C=C/CCN1CCCCC1F. The Morgan fingerprint density at radius 2 is 2.14 bits per heavy atom. The second-order valence-electron chi connectivity index (χ2n) is 8.19. The second kappa shape index (κ2) is 11.4. The minimum atomic E-state index is -0.899. The zero-order chi connectivity index (χ0) is 24.8. The zero-order valence-corrected chi connectivity index (χ0v) is 20.0. The molecule has 0 radical (unpaired) electrons. The van der Waals surface area contributed by atoms with E-state index < -0.39 is 12.1 Å². The number of hydrogen-bond acceptors (Lipinski definition) is 6. The standard InChI is InChI=1S/C25H26ClF2N5O2/c1-35-22-14-20-17(25(30-15-29-20)31-16-8-9-19(27)18(26)12-16)13-21(22)32-24(34)7-3-5-11-33-10-4-2-6-23(33)28/h3,7-9,12-15,23H,2,4-6,10-11H2,1H3,(H,32,34)(H,29,30,31)/b7-3+. The molecule has 1 aliphatic heterocycles. The number of ether oxygens (including phenoxy) is 1. The number of alkyl halides is 1. The first kappa shape index (κ1) is 24.8. The van der Waals surface area contributed by atoms with E-state index in [0.29, 0.717) is 53.2 Å². The molecule has 1 amide bonds. The highest BCUT2D eigenvalue weighted by Crippen LogP contribution is 2.33. The molecule has 1 saturated heterocycles. The second-order valence-corrected chi connectivity index (χ2v) is 8.60. The lowest BCUT2D eigenvalue weighted by atomic mass is 10.1. The number of nitrogens with zero attached hydrogens (tertiary/aromatic N) is 3. The first-order chi connectivity index (χ1) is 16.9. The molecular weight excluding hydrogens is 476 g/mol. The Balaban J connectivity index is 1.49. The number of anilines is 3. The molecule has 1 aliphatic rings. The summed E-state index contributed by atoms with van der Waals surface area (Å²) in [6.07, 6.45) is 6.72. The van der Waals surface area contributed by atoms with Gasteiger partial charge >= 0.3 is 0 Å². The molecule has 10 heteroatoms. The van der Waals surface area contributed by atoms with Gasteiger partial charge in [-0.1, -0.05) is 17.7 Å². The number of rotatable bonds is 8. The van der Waals surface area contributed by atoms with Crippen molar-refractivity contribution in [1.29, 1.82) is 0 Å². The summed E-state index contributed by atoms with van der Waals surface area (Å²) in [5.74, 6) is 0.0266. The van der Waals surface area contributed by atoms with Gasteiger partial charge in [0.05, 0.1) is 23.3 Å². The van der Waals surface area contributed by atoms with Crippen molar-refractivity contribution in [3.63, 3.8) is 0 Å². The first-order valence-electron chi connectivity index (χ1n) is 11.3. The van der Waals surface area contributed by atoms with Crippen LogP contribution in [0.4, 0.5) is 26.0 Å². The molecule has 1 aromatic heterocycles. The van der Waals surface area contributed by atoms with Crippen molar-refractivity contribution in [3.05, 3.63) is 59.7 Å². The third-order valence-corrected chi connectivity index (χ3v) is 6.07. The van der Waals surface area contributed by atoms with Crippen LogP contribution < -0.4 is 15.4 Å². The molecule has 0 bridgehead atoms. The monoisotopic (exact) mass is 501 g/mol. The lowest BCUT2D eigenvalue weighted by Crippen LogP contribution is -2.36.